The number of fused-ring (bicyclic) bond motifs is 1. The lowest BCUT2D eigenvalue weighted by Crippen LogP contribution is -2.19. The molecule has 0 radical (unpaired) electrons. The highest BCUT2D eigenvalue weighted by Gasteiger charge is 2.14. The van der Waals surface area contributed by atoms with Crippen LogP contribution in [-0.4, -0.2) is 34.9 Å². The fourth-order valence-electron chi connectivity index (χ4n) is 3.71. The maximum absolute atomic E-state index is 12.3. The van der Waals surface area contributed by atoms with Gasteiger partial charge in [-0.25, -0.2) is 10.5 Å². The number of amides is 1. The topological polar surface area (TPSA) is 91.7 Å². The van der Waals surface area contributed by atoms with E-state index >= 15 is 0 Å². The van der Waals surface area contributed by atoms with Crippen molar-refractivity contribution in [3.63, 3.8) is 0 Å². The SMILES string of the molecule is COc1ccc2nc(-c3ccc(-c4ccc(CCCO)cc4)cc3)cc(C(=O)NO)c2c1. The number of methoxy groups -OCH3 is 1. The molecule has 0 aliphatic rings. The van der Waals surface area contributed by atoms with Gasteiger partial charge < -0.3 is 9.84 Å². The zero-order valence-electron chi connectivity index (χ0n) is 17.7. The minimum atomic E-state index is -0.607. The number of aliphatic hydroxyl groups excluding tert-OH is 1. The summed E-state index contributed by atoms with van der Waals surface area (Å²) in [4.78, 5) is 17.0. The third-order valence-corrected chi connectivity index (χ3v) is 5.45. The van der Waals surface area contributed by atoms with Gasteiger partial charge in [0.2, 0.25) is 0 Å². The summed E-state index contributed by atoms with van der Waals surface area (Å²) in [5, 5.41) is 18.8. The smallest absolute Gasteiger partial charge is 0.275 e. The number of hydroxylamine groups is 1. The minimum absolute atomic E-state index is 0.196. The van der Waals surface area contributed by atoms with E-state index in [-0.39, 0.29) is 6.61 Å². The molecule has 0 spiro atoms. The van der Waals surface area contributed by atoms with Crippen LogP contribution in [0.3, 0.4) is 0 Å². The van der Waals surface area contributed by atoms with Gasteiger partial charge in [0.1, 0.15) is 5.75 Å². The second-order valence-electron chi connectivity index (χ2n) is 7.48. The first kappa shape index (κ1) is 21.5. The number of aromatic nitrogens is 1. The highest BCUT2D eigenvalue weighted by atomic mass is 16.5. The standard InChI is InChI=1S/C26H24N2O4/c1-32-21-12-13-24-22(15-21)23(26(30)28-31)16-25(27-24)20-10-8-19(9-11-20)18-6-4-17(5-7-18)3-2-14-29/h4-13,15-16,29,31H,2-3,14H2,1H3,(H,28,30). The van der Waals surface area contributed by atoms with E-state index in [0.29, 0.717) is 27.9 Å². The van der Waals surface area contributed by atoms with E-state index in [1.165, 1.54) is 5.56 Å². The van der Waals surface area contributed by atoms with Crippen LogP contribution in [-0.2, 0) is 6.42 Å². The van der Waals surface area contributed by atoms with Crippen LogP contribution < -0.4 is 10.2 Å². The summed E-state index contributed by atoms with van der Waals surface area (Å²) in [5.74, 6) is -0.00409. The Hall–Kier alpha value is -3.74. The molecule has 0 fully saturated rings. The lowest BCUT2D eigenvalue weighted by atomic mass is 9.99. The summed E-state index contributed by atoms with van der Waals surface area (Å²) >= 11 is 0. The Kier molecular flexibility index (Phi) is 6.44. The molecule has 32 heavy (non-hydrogen) atoms. The molecular formula is C26H24N2O4. The van der Waals surface area contributed by atoms with E-state index in [0.717, 1.165) is 29.5 Å². The van der Waals surface area contributed by atoms with Gasteiger partial charge in [0.05, 0.1) is 23.9 Å². The van der Waals surface area contributed by atoms with Crippen LogP contribution in [0.15, 0.2) is 72.8 Å². The van der Waals surface area contributed by atoms with Crippen LogP contribution in [0.4, 0.5) is 0 Å². The summed E-state index contributed by atoms with van der Waals surface area (Å²) < 4.78 is 5.25. The molecule has 3 N–H and O–H groups in total. The predicted octanol–water partition coefficient (Wildman–Crippen LogP) is 4.62. The number of benzene rings is 3. The largest absolute Gasteiger partial charge is 0.497 e. The number of hydrogen-bond acceptors (Lipinski definition) is 5. The zero-order valence-corrected chi connectivity index (χ0v) is 17.7. The van der Waals surface area contributed by atoms with E-state index in [1.807, 2.05) is 24.3 Å². The Morgan fingerprint density at radius 1 is 0.938 bits per heavy atom. The van der Waals surface area contributed by atoms with Gasteiger partial charge in [-0.05, 0) is 53.8 Å². The van der Waals surface area contributed by atoms with Crippen molar-refractivity contribution >= 4 is 16.8 Å². The Bertz CT molecular complexity index is 1240. The number of carbonyl (C=O) groups excluding carboxylic acids is 1. The molecule has 3 aromatic carbocycles. The van der Waals surface area contributed by atoms with E-state index < -0.39 is 5.91 Å². The maximum Gasteiger partial charge on any atom is 0.275 e. The van der Waals surface area contributed by atoms with Crippen molar-refractivity contribution in [2.45, 2.75) is 12.8 Å². The molecule has 1 amide bonds. The molecule has 6 nitrogen and oxygen atoms in total. The number of nitrogens with one attached hydrogen (secondary N) is 1. The molecule has 0 atom stereocenters. The van der Waals surface area contributed by atoms with Gasteiger partial charge in [-0.15, -0.1) is 0 Å². The average Bonchev–Trinajstić information content (AvgIpc) is 2.86. The summed E-state index contributed by atoms with van der Waals surface area (Å²) in [6.07, 6.45) is 1.62. The first-order valence-corrected chi connectivity index (χ1v) is 10.4. The summed E-state index contributed by atoms with van der Waals surface area (Å²) in [5.41, 5.74) is 7.52. The van der Waals surface area contributed by atoms with Crippen molar-refractivity contribution < 1.29 is 19.8 Å². The van der Waals surface area contributed by atoms with Gasteiger partial charge in [0.25, 0.3) is 5.91 Å². The number of hydrogen-bond donors (Lipinski definition) is 3. The van der Waals surface area contributed by atoms with Crippen LogP contribution in [0.25, 0.3) is 33.3 Å². The lowest BCUT2D eigenvalue weighted by molar-refractivity contribution is 0.0708. The highest BCUT2D eigenvalue weighted by molar-refractivity contribution is 6.07. The molecular weight excluding hydrogens is 404 g/mol. The molecule has 0 unspecified atom stereocenters. The zero-order chi connectivity index (χ0) is 22.5. The van der Waals surface area contributed by atoms with Gasteiger partial charge in [0.15, 0.2) is 0 Å². The number of ether oxygens (including phenoxy) is 1. The fraction of sp³-hybridized carbons (Fsp3) is 0.154. The van der Waals surface area contributed by atoms with Gasteiger partial charge in [0, 0.05) is 17.6 Å². The first-order chi connectivity index (χ1) is 15.6. The first-order valence-electron chi connectivity index (χ1n) is 10.4. The van der Waals surface area contributed by atoms with Crippen molar-refractivity contribution in [3.05, 3.63) is 83.9 Å². The van der Waals surface area contributed by atoms with Crippen LogP contribution >= 0.6 is 0 Å². The van der Waals surface area contributed by atoms with E-state index in [1.54, 1.807) is 36.9 Å². The quantitative estimate of drug-likeness (QED) is 0.295. The molecule has 0 aliphatic carbocycles. The second kappa shape index (κ2) is 9.60. The average molecular weight is 428 g/mol. The molecule has 162 valence electrons. The molecule has 4 rings (SSSR count). The molecule has 4 aromatic rings. The number of rotatable bonds is 7. The molecule has 0 saturated carbocycles. The third kappa shape index (κ3) is 4.46. The Balaban J connectivity index is 1.67. The van der Waals surface area contributed by atoms with Crippen LogP contribution in [0.2, 0.25) is 0 Å². The second-order valence-corrected chi connectivity index (χ2v) is 7.48. The number of pyridine rings is 1. The van der Waals surface area contributed by atoms with E-state index in [4.69, 9.17) is 14.8 Å². The van der Waals surface area contributed by atoms with E-state index in [2.05, 4.69) is 24.3 Å². The molecule has 0 saturated heterocycles. The molecule has 0 bridgehead atoms. The maximum atomic E-state index is 12.3. The molecule has 0 aliphatic heterocycles. The number of aliphatic hydroxyl groups is 1. The van der Waals surface area contributed by atoms with Crippen molar-refractivity contribution in [1.29, 1.82) is 0 Å². The molecule has 6 heteroatoms. The van der Waals surface area contributed by atoms with Crippen molar-refractivity contribution in [2.75, 3.05) is 13.7 Å². The predicted molar refractivity (Wildman–Crippen MR) is 124 cm³/mol. The Labute approximate surface area is 186 Å². The Morgan fingerprint density at radius 2 is 1.59 bits per heavy atom. The van der Waals surface area contributed by atoms with Crippen molar-refractivity contribution in [1.82, 2.24) is 10.5 Å². The normalized spacial score (nSPS) is 10.8. The summed E-state index contributed by atoms with van der Waals surface area (Å²) in [6, 6.07) is 23.2. The monoisotopic (exact) mass is 428 g/mol. The fourth-order valence-corrected chi connectivity index (χ4v) is 3.71. The van der Waals surface area contributed by atoms with E-state index in [9.17, 15) is 10.0 Å². The number of carbonyl (C=O) groups is 1. The lowest BCUT2D eigenvalue weighted by Gasteiger charge is -2.11. The van der Waals surface area contributed by atoms with Crippen molar-refractivity contribution in [2.24, 2.45) is 0 Å². The molecule has 1 aromatic heterocycles. The Morgan fingerprint density at radius 3 is 2.22 bits per heavy atom. The minimum Gasteiger partial charge on any atom is -0.497 e. The van der Waals surface area contributed by atoms with Gasteiger partial charge in [-0.2, -0.15) is 0 Å². The third-order valence-electron chi connectivity index (χ3n) is 5.45. The summed E-state index contributed by atoms with van der Waals surface area (Å²) in [6.45, 7) is 0.196. The van der Waals surface area contributed by atoms with Crippen molar-refractivity contribution in [3.8, 4) is 28.1 Å². The van der Waals surface area contributed by atoms with Crippen LogP contribution in [0.1, 0.15) is 22.3 Å². The van der Waals surface area contributed by atoms with Crippen LogP contribution in [0.5, 0.6) is 5.75 Å². The van der Waals surface area contributed by atoms with Gasteiger partial charge in [-0.3, -0.25) is 10.0 Å². The van der Waals surface area contributed by atoms with Crippen LogP contribution in [0, 0.1) is 0 Å². The highest BCUT2D eigenvalue weighted by Crippen LogP contribution is 2.29. The summed E-state index contributed by atoms with van der Waals surface area (Å²) in [7, 11) is 1.55. The number of aryl methyl sites for hydroxylation is 1. The molecule has 1 heterocycles. The number of nitrogens with zero attached hydrogens (tertiary/aromatic N) is 1. The van der Waals surface area contributed by atoms with Gasteiger partial charge >= 0.3 is 0 Å². The van der Waals surface area contributed by atoms with Gasteiger partial charge in [-0.1, -0.05) is 48.5 Å².